The summed E-state index contributed by atoms with van der Waals surface area (Å²) >= 11 is 0. The first-order valence-electron chi connectivity index (χ1n) is 6.58. The maximum atomic E-state index is 11.7. The van der Waals surface area contributed by atoms with E-state index in [0.29, 0.717) is 12.3 Å². The van der Waals surface area contributed by atoms with Crippen molar-refractivity contribution >= 4 is 11.7 Å². The molecule has 0 aromatic carbocycles. The zero-order chi connectivity index (χ0) is 14.0. The fraction of sp³-hybridized carbons (Fsp3) is 0.692. The number of nitrogens with two attached hydrogens (primary N) is 1. The van der Waals surface area contributed by atoms with E-state index in [2.05, 4.69) is 5.10 Å². The van der Waals surface area contributed by atoms with Crippen molar-refractivity contribution in [2.45, 2.75) is 52.4 Å². The van der Waals surface area contributed by atoms with Gasteiger partial charge in [-0.1, -0.05) is 0 Å². The van der Waals surface area contributed by atoms with Gasteiger partial charge in [-0.3, -0.25) is 9.48 Å². The van der Waals surface area contributed by atoms with Gasteiger partial charge in [0.2, 0.25) is 0 Å². The number of esters is 1. The van der Waals surface area contributed by atoms with E-state index in [1.54, 1.807) is 4.68 Å². The fourth-order valence-corrected chi connectivity index (χ4v) is 2.23. The number of hydrogen-bond donors (Lipinski definition) is 1. The predicted octanol–water partition coefficient (Wildman–Crippen LogP) is 1.19. The standard InChI is InChI=1S/C13H21N3O3/c1-8-4-5-11(19-8)7-18-12(17)6-16-10(3)13(14)9(2)15-16/h8,11H,4-7,14H2,1-3H3. The molecule has 6 heteroatoms. The Hall–Kier alpha value is -1.56. The third-order valence-electron chi connectivity index (χ3n) is 3.47. The number of aromatic nitrogens is 2. The Morgan fingerprint density at radius 3 is 2.79 bits per heavy atom. The molecule has 0 aliphatic carbocycles. The molecule has 1 aliphatic heterocycles. The number of nitrogen functional groups attached to an aromatic ring is 1. The van der Waals surface area contributed by atoms with E-state index in [1.807, 2.05) is 20.8 Å². The summed E-state index contributed by atoms with van der Waals surface area (Å²) in [6.45, 7) is 6.09. The van der Waals surface area contributed by atoms with Gasteiger partial charge in [-0.15, -0.1) is 0 Å². The molecule has 0 amide bonds. The average Bonchev–Trinajstić information content (AvgIpc) is 2.88. The molecular weight excluding hydrogens is 246 g/mol. The number of nitrogens with zero attached hydrogens (tertiary/aromatic N) is 2. The average molecular weight is 267 g/mol. The van der Waals surface area contributed by atoms with Gasteiger partial charge in [-0.2, -0.15) is 5.10 Å². The zero-order valence-corrected chi connectivity index (χ0v) is 11.7. The van der Waals surface area contributed by atoms with Crippen LogP contribution < -0.4 is 5.73 Å². The lowest BCUT2D eigenvalue weighted by Gasteiger charge is -2.12. The highest BCUT2D eigenvalue weighted by Crippen LogP contribution is 2.19. The monoisotopic (exact) mass is 267 g/mol. The zero-order valence-electron chi connectivity index (χ0n) is 11.7. The lowest BCUT2D eigenvalue weighted by molar-refractivity contribution is -0.148. The Labute approximate surface area is 112 Å². The van der Waals surface area contributed by atoms with E-state index in [-0.39, 0.29) is 24.7 Å². The van der Waals surface area contributed by atoms with Gasteiger partial charge < -0.3 is 15.2 Å². The molecule has 106 valence electrons. The highest BCUT2D eigenvalue weighted by molar-refractivity contribution is 5.69. The summed E-state index contributed by atoms with van der Waals surface area (Å²) in [6.07, 6.45) is 2.27. The van der Waals surface area contributed by atoms with E-state index in [1.165, 1.54) is 0 Å². The van der Waals surface area contributed by atoms with Crippen LogP contribution in [0.2, 0.25) is 0 Å². The smallest absolute Gasteiger partial charge is 0.327 e. The molecule has 2 atom stereocenters. The van der Waals surface area contributed by atoms with Crippen LogP contribution in [0.25, 0.3) is 0 Å². The van der Waals surface area contributed by atoms with Crippen LogP contribution >= 0.6 is 0 Å². The first-order chi connectivity index (χ1) is 8.97. The quantitative estimate of drug-likeness (QED) is 0.829. The maximum absolute atomic E-state index is 11.7. The summed E-state index contributed by atoms with van der Waals surface area (Å²) in [5.41, 5.74) is 7.96. The van der Waals surface area contributed by atoms with Crippen LogP contribution in [0.5, 0.6) is 0 Å². The summed E-state index contributed by atoms with van der Waals surface area (Å²) in [5.74, 6) is -0.311. The van der Waals surface area contributed by atoms with Crippen LogP contribution in [0, 0.1) is 13.8 Å². The van der Waals surface area contributed by atoms with Crippen LogP contribution in [0.3, 0.4) is 0 Å². The Balaban J connectivity index is 1.82. The van der Waals surface area contributed by atoms with Crippen molar-refractivity contribution < 1.29 is 14.3 Å². The molecule has 1 fully saturated rings. The first-order valence-corrected chi connectivity index (χ1v) is 6.58. The van der Waals surface area contributed by atoms with E-state index >= 15 is 0 Å². The topological polar surface area (TPSA) is 79.4 Å². The van der Waals surface area contributed by atoms with Crippen molar-refractivity contribution in [2.75, 3.05) is 12.3 Å². The Bertz CT molecular complexity index is 470. The third-order valence-corrected chi connectivity index (χ3v) is 3.47. The highest BCUT2D eigenvalue weighted by Gasteiger charge is 2.23. The van der Waals surface area contributed by atoms with E-state index in [0.717, 1.165) is 24.2 Å². The van der Waals surface area contributed by atoms with Crippen LogP contribution in [-0.4, -0.2) is 34.6 Å². The molecule has 1 aromatic heterocycles. The highest BCUT2D eigenvalue weighted by atomic mass is 16.6. The summed E-state index contributed by atoms with van der Waals surface area (Å²) in [6, 6.07) is 0. The van der Waals surface area contributed by atoms with Gasteiger partial charge in [0.25, 0.3) is 0 Å². The number of ether oxygens (including phenoxy) is 2. The van der Waals surface area contributed by atoms with Gasteiger partial charge in [0.15, 0.2) is 0 Å². The Morgan fingerprint density at radius 1 is 1.53 bits per heavy atom. The van der Waals surface area contributed by atoms with Gasteiger partial charge in [-0.05, 0) is 33.6 Å². The van der Waals surface area contributed by atoms with Crippen molar-refractivity contribution in [2.24, 2.45) is 0 Å². The number of carbonyl (C=O) groups is 1. The second kappa shape index (κ2) is 5.61. The molecule has 2 rings (SSSR count). The van der Waals surface area contributed by atoms with Crippen molar-refractivity contribution in [1.29, 1.82) is 0 Å². The molecule has 0 bridgehead atoms. The van der Waals surface area contributed by atoms with Crippen LogP contribution in [0.4, 0.5) is 5.69 Å². The first kappa shape index (κ1) is 13.9. The van der Waals surface area contributed by atoms with Crippen LogP contribution in [0.1, 0.15) is 31.2 Å². The van der Waals surface area contributed by atoms with E-state index < -0.39 is 0 Å². The lowest BCUT2D eigenvalue weighted by atomic mass is 10.2. The van der Waals surface area contributed by atoms with Gasteiger partial charge in [0.1, 0.15) is 13.2 Å². The summed E-state index contributed by atoms with van der Waals surface area (Å²) in [7, 11) is 0. The summed E-state index contributed by atoms with van der Waals surface area (Å²) in [5, 5.41) is 4.20. The molecule has 0 spiro atoms. The van der Waals surface area contributed by atoms with E-state index in [9.17, 15) is 4.79 Å². The minimum Gasteiger partial charge on any atom is -0.462 e. The normalized spacial score (nSPS) is 22.7. The van der Waals surface area contributed by atoms with Gasteiger partial charge >= 0.3 is 5.97 Å². The largest absolute Gasteiger partial charge is 0.462 e. The molecule has 6 nitrogen and oxygen atoms in total. The van der Waals surface area contributed by atoms with Gasteiger partial charge in [-0.25, -0.2) is 0 Å². The van der Waals surface area contributed by atoms with Crippen LogP contribution in [0.15, 0.2) is 0 Å². The van der Waals surface area contributed by atoms with Crippen molar-refractivity contribution in [1.82, 2.24) is 9.78 Å². The lowest BCUT2D eigenvalue weighted by Crippen LogP contribution is -2.22. The third kappa shape index (κ3) is 3.26. The SMILES string of the molecule is Cc1nn(CC(=O)OCC2CCC(C)O2)c(C)c1N. The van der Waals surface area contributed by atoms with Gasteiger partial charge in [0.05, 0.1) is 29.3 Å². The molecule has 0 radical (unpaired) electrons. The minimum absolute atomic E-state index is 0.0319. The minimum atomic E-state index is -0.311. The van der Waals surface area contributed by atoms with Crippen molar-refractivity contribution in [3.8, 4) is 0 Å². The molecule has 0 saturated carbocycles. The van der Waals surface area contributed by atoms with Gasteiger partial charge in [0, 0.05) is 0 Å². The second-order valence-electron chi connectivity index (χ2n) is 5.07. The number of rotatable bonds is 4. The molecule has 1 aromatic rings. The van der Waals surface area contributed by atoms with Crippen molar-refractivity contribution in [3.63, 3.8) is 0 Å². The predicted molar refractivity (Wildman–Crippen MR) is 70.6 cm³/mol. The number of anilines is 1. The second-order valence-corrected chi connectivity index (χ2v) is 5.07. The van der Waals surface area contributed by atoms with E-state index in [4.69, 9.17) is 15.2 Å². The van der Waals surface area contributed by atoms with Crippen LogP contribution in [-0.2, 0) is 20.8 Å². The molecule has 1 aliphatic rings. The molecule has 1 saturated heterocycles. The summed E-state index contributed by atoms with van der Waals surface area (Å²) < 4.78 is 12.4. The Kier molecular flexibility index (Phi) is 4.09. The Morgan fingerprint density at radius 2 is 2.26 bits per heavy atom. The number of aryl methyl sites for hydroxylation is 1. The fourth-order valence-electron chi connectivity index (χ4n) is 2.23. The molecular formula is C13H21N3O3. The molecule has 19 heavy (non-hydrogen) atoms. The maximum Gasteiger partial charge on any atom is 0.327 e. The molecule has 2 heterocycles. The summed E-state index contributed by atoms with van der Waals surface area (Å²) in [4.78, 5) is 11.7. The molecule has 2 N–H and O–H groups in total. The number of hydrogen-bond acceptors (Lipinski definition) is 5. The molecule has 2 unspecified atom stereocenters. The van der Waals surface area contributed by atoms with Crippen molar-refractivity contribution in [3.05, 3.63) is 11.4 Å². The number of carbonyl (C=O) groups excluding carboxylic acids is 1.